The van der Waals surface area contributed by atoms with Gasteiger partial charge in [0.25, 0.3) is 0 Å². The van der Waals surface area contributed by atoms with Crippen molar-refractivity contribution in [3.05, 3.63) is 70.9 Å². The fraction of sp³-hybridized carbons (Fsp3) is 0.318. The van der Waals surface area contributed by atoms with Crippen LogP contribution in [0.3, 0.4) is 0 Å². The van der Waals surface area contributed by atoms with Crippen LogP contribution in [0.1, 0.15) is 38.2 Å². The van der Waals surface area contributed by atoms with Gasteiger partial charge in [0.1, 0.15) is 0 Å². The third kappa shape index (κ3) is 3.71. The summed E-state index contributed by atoms with van der Waals surface area (Å²) >= 11 is 0.409. The van der Waals surface area contributed by atoms with Crippen molar-refractivity contribution >= 4 is 30.4 Å². The molecule has 0 amide bonds. The molecule has 2 aromatic rings. The van der Waals surface area contributed by atoms with E-state index in [1.165, 1.54) is 25.5 Å². The molecule has 1 aliphatic rings. The summed E-state index contributed by atoms with van der Waals surface area (Å²) in [4.78, 5) is 0. The minimum atomic E-state index is 0.317. The van der Waals surface area contributed by atoms with Crippen LogP contribution in [0.25, 0.3) is 15.9 Å². The summed E-state index contributed by atoms with van der Waals surface area (Å²) in [6.07, 6.45) is 13.2. The van der Waals surface area contributed by atoms with Crippen LogP contribution >= 0.6 is 0 Å². The van der Waals surface area contributed by atoms with Gasteiger partial charge in [0.2, 0.25) is 0 Å². The van der Waals surface area contributed by atoms with E-state index in [0.29, 0.717) is 19.9 Å². The second kappa shape index (κ2) is 7.09. The first-order valence-electron chi connectivity index (χ1n) is 8.64. The molecule has 124 valence electrons. The molecule has 1 aromatic carbocycles. The van der Waals surface area contributed by atoms with Gasteiger partial charge in [-0.3, -0.25) is 0 Å². The maximum absolute atomic E-state index is 3.79. The Labute approximate surface area is 151 Å². The molecule has 0 unspecified atom stereocenters. The number of hydrogen-bond acceptors (Lipinski definition) is 0. The van der Waals surface area contributed by atoms with Crippen LogP contribution in [0.15, 0.2) is 66.3 Å². The Morgan fingerprint density at radius 3 is 2.79 bits per heavy atom. The molecule has 0 aliphatic heterocycles. The number of fused-ring (bicyclic) bond motifs is 1. The molecule has 0 bridgehead atoms. The number of rotatable bonds is 4. The molecular weight excluding hydrogens is 357 g/mol. The van der Waals surface area contributed by atoms with Crippen LogP contribution in [0.2, 0.25) is 0 Å². The Kier molecular flexibility index (Phi) is 5.08. The molecule has 3 rings (SSSR count). The van der Waals surface area contributed by atoms with Gasteiger partial charge in [-0.05, 0) is 0 Å². The molecule has 1 heterocycles. The van der Waals surface area contributed by atoms with E-state index in [9.17, 15) is 0 Å². The fourth-order valence-electron chi connectivity index (χ4n) is 3.54. The quantitative estimate of drug-likeness (QED) is 0.394. The number of benzene rings is 1. The summed E-state index contributed by atoms with van der Waals surface area (Å²) in [5, 5.41) is 0. The molecule has 0 saturated heterocycles. The van der Waals surface area contributed by atoms with Crippen LogP contribution in [-0.4, -0.2) is 14.5 Å². The van der Waals surface area contributed by atoms with E-state index in [1.54, 1.807) is 0 Å². The van der Waals surface area contributed by atoms with Gasteiger partial charge in [-0.1, -0.05) is 0 Å². The Morgan fingerprint density at radius 1 is 1.25 bits per heavy atom. The van der Waals surface area contributed by atoms with Crippen LogP contribution in [-0.2, 0) is 6.54 Å². The molecule has 1 aliphatic carbocycles. The molecule has 0 fully saturated rings. The van der Waals surface area contributed by atoms with Crippen LogP contribution in [0.5, 0.6) is 0 Å². The zero-order chi connectivity index (χ0) is 17.2. The van der Waals surface area contributed by atoms with Crippen molar-refractivity contribution in [2.24, 2.45) is 5.41 Å². The predicted molar refractivity (Wildman–Crippen MR) is 105 cm³/mol. The van der Waals surface area contributed by atoms with Gasteiger partial charge in [-0.25, -0.2) is 0 Å². The van der Waals surface area contributed by atoms with Gasteiger partial charge < -0.3 is 0 Å². The van der Waals surface area contributed by atoms with E-state index in [2.05, 4.69) is 74.4 Å². The first-order valence-corrected chi connectivity index (χ1v) is 10.4. The zero-order valence-electron chi connectivity index (χ0n) is 14.9. The van der Waals surface area contributed by atoms with E-state index >= 15 is 0 Å². The molecule has 0 atom stereocenters. The maximum atomic E-state index is 3.79. The Hall–Kier alpha value is -1.63. The van der Waals surface area contributed by atoms with Crippen molar-refractivity contribution in [3.8, 4) is 0 Å². The fourth-order valence-corrected chi connectivity index (χ4v) is 6.07. The third-order valence-electron chi connectivity index (χ3n) is 4.44. The molecule has 0 radical (unpaired) electrons. The van der Waals surface area contributed by atoms with Crippen molar-refractivity contribution in [3.63, 3.8) is 0 Å². The monoisotopic (exact) mass is 384 g/mol. The molecule has 1 nitrogen and oxygen atoms in total. The molecule has 1 aromatic heterocycles. The second-order valence-corrected chi connectivity index (χ2v) is 9.43. The Balaban J connectivity index is 2.06. The van der Waals surface area contributed by atoms with E-state index in [0.717, 1.165) is 19.4 Å². The van der Waals surface area contributed by atoms with E-state index in [-0.39, 0.29) is 0 Å². The standard InChI is InChI=1S/C22H26NSe/c1-5-7-10-17-13-18(16-22(3,4)15-17)14-21-23(6-2)19-11-8-9-12-20(19)24-21/h5,7-14H,1,6,15-16H2,2-4H3/q+1/b10-7+,18-14-. The van der Waals surface area contributed by atoms with Gasteiger partial charge in [-0.15, -0.1) is 0 Å². The van der Waals surface area contributed by atoms with Crippen molar-refractivity contribution in [1.29, 1.82) is 0 Å². The first kappa shape index (κ1) is 17.2. The molecule has 2 heteroatoms. The van der Waals surface area contributed by atoms with E-state index in [4.69, 9.17) is 0 Å². The van der Waals surface area contributed by atoms with Gasteiger partial charge in [0.15, 0.2) is 0 Å². The number of aryl methyl sites for hydroxylation is 1. The molecule has 0 saturated carbocycles. The second-order valence-electron chi connectivity index (χ2n) is 7.20. The van der Waals surface area contributed by atoms with Gasteiger partial charge in [0.05, 0.1) is 0 Å². The van der Waals surface area contributed by atoms with Crippen LogP contribution < -0.4 is 4.57 Å². The number of aromatic nitrogens is 1. The number of nitrogens with zero attached hydrogens (tertiary/aromatic N) is 1. The molecular formula is C22H26NSe+. The van der Waals surface area contributed by atoms with Crippen molar-refractivity contribution < 1.29 is 4.57 Å². The summed E-state index contributed by atoms with van der Waals surface area (Å²) in [6.45, 7) is 11.8. The Morgan fingerprint density at radius 2 is 2.04 bits per heavy atom. The average molecular weight is 383 g/mol. The minimum absolute atomic E-state index is 0.317. The van der Waals surface area contributed by atoms with E-state index < -0.39 is 0 Å². The van der Waals surface area contributed by atoms with Crippen molar-refractivity contribution in [2.45, 2.75) is 40.2 Å². The molecule has 0 N–H and O–H groups in total. The topological polar surface area (TPSA) is 3.88 Å². The number of para-hydroxylation sites is 1. The normalized spacial score (nSPS) is 19.1. The van der Waals surface area contributed by atoms with Gasteiger partial charge in [0, 0.05) is 0 Å². The summed E-state index contributed by atoms with van der Waals surface area (Å²) in [7, 11) is 0. The Bertz CT molecular complexity index is 846. The van der Waals surface area contributed by atoms with Crippen molar-refractivity contribution in [2.75, 3.05) is 0 Å². The predicted octanol–water partition coefficient (Wildman–Crippen LogP) is 5.08. The summed E-state index contributed by atoms with van der Waals surface area (Å²) in [6, 6.07) is 8.84. The third-order valence-corrected chi connectivity index (χ3v) is 6.78. The first-order chi connectivity index (χ1) is 11.5. The van der Waals surface area contributed by atoms with Gasteiger partial charge >= 0.3 is 151 Å². The van der Waals surface area contributed by atoms with E-state index in [1.807, 2.05) is 12.2 Å². The van der Waals surface area contributed by atoms with Gasteiger partial charge in [-0.2, -0.15) is 0 Å². The summed E-state index contributed by atoms with van der Waals surface area (Å²) in [5.41, 5.74) is 4.58. The number of hydrogen-bond donors (Lipinski definition) is 0. The number of allylic oxidation sites excluding steroid dienone is 6. The molecule has 24 heavy (non-hydrogen) atoms. The van der Waals surface area contributed by atoms with Crippen LogP contribution in [0.4, 0.5) is 0 Å². The average Bonchev–Trinajstić information content (AvgIpc) is 2.88. The summed E-state index contributed by atoms with van der Waals surface area (Å²) < 4.78 is 5.48. The molecule has 0 spiro atoms. The SMILES string of the molecule is C=C/C=C/C1=CC(=C/c2[se]c3ccccc3[n+]2CC)/CC(C)(C)C1. The van der Waals surface area contributed by atoms with Crippen LogP contribution in [0, 0.1) is 5.41 Å². The zero-order valence-corrected chi connectivity index (χ0v) is 16.6. The van der Waals surface area contributed by atoms with Crippen molar-refractivity contribution in [1.82, 2.24) is 0 Å². The summed E-state index contributed by atoms with van der Waals surface area (Å²) in [5.74, 6) is 0.